The predicted molar refractivity (Wildman–Crippen MR) is 67.1 cm³/mol. The Kier molecular flexibility index (Phi) is 4.05. The van der Waals surface area contributed by atoms with Crippen LogP contribution in [0.3, 0.4) is 0 Å². The number of aliphatic hydroxyl groups excluding tert-OH is 1. The van der Waals surface area contributed by atoms with Gasteiger partial charge in [0, 0.05) is 12.2 Å². The minimum Gasteiger partial charge on any atom is -0.394 e. The van der Waals surface area contributed by atoms with Crippen LogP contribution in [0.1, 0.15) is 12.8 Å². The number of anilines is 1. The molecule has 4 nitrogen and oxygen atoms in total. The largest absolute Gasteiger partial charge is 0.394 e. The van der Waals surface area contributed by atoms with Crippen LogP contribution in [0.4, 0.5) is 14.5 Å². The van der Waals surface area contributed by atoms with Crippen molar-refractivity contribution in [1.29, 1.82) is 0 Å². The summed E-state index contributed by atoms with van der Waals surface area (Å²) in [5.41, 5.74) is 0.741. The molecule has 0 spiro atoms. The molecule has 1 aromatic rings. The van der Waals surface area contributed by atoms with Gasteiger partial charge in [0.2, 0.25) is 9.84 Å². The SMILES string of the molecule is O=S(=O)(c1ccc(N2CCCC2CO)cc1)C(F)F. The molecule has 1 atom stereocenters. The molecule has 0 aliphatic carbocycles. The summed E-state index contributed by atoms with van der Waals surface area (Å²) in [5.74, 6) is -3.41. The number of alkyl halides is 2. The van der Waals surface area contributed by atoms with E-state index in [1.807, 2.05) is 4.90 Å². The smallest absolute Gasteiger partial charge is 0.341 e. The van der Waals surface area contributed by atoms with Gasteiger partial charge in [-0.25, -0.2) is 8.42 Å². The second-order valence-corrected chi connectivity index (χ2v) is 6.39. The van der Waals surface area contributed by atoms with Crippen molar-refractivity contribution in [3.8, 4) is 0 Å². The van der Waals surface area contributed by atoms with Gasteiger partial charge >= 0.3 is 5.76 Å². The predicted octanol–water partition coefficient (Wildman–Crippen LogP) is 1.64. The van der Waals surface area contributed by atoms with E-state index in [1.165, 1.54) is 24.3 Å². The lowest BCUT2D eigenvalue weighted by molar-refractivity contribution is 0.234. The molecule has 1 saturated heterocycles. The molecular formula is C12H15F2NO3S. The van der Waals surface area contributed by atoms with Gasteiger partial charge in [0.05, 0.1) is 17.5 Å². The standard InChI is InChI=1S/C12H15F2NO3S/c13-12(14)19(17,18)11-5-3-9(4-6-11)15-7-1-2-10(15)8-16/h3-6,10,12,16H,1-2,7-8H2. The number of benzene rings is 1. The van der Waals surface area contributed by atoms with Gasteiger partial charge in [-0.1, -0.05) is 0 Å². The maximum Gasteiger partial charge on any atom is 0.341 e. The first-order valence-corrected chi connectivity index (χ1v) is 7.51. The summed E-state index contributed by atoms with van der Waals surface area (Å²) in [7, 11) is -4.54. The van der Waals surface area contributed by atoms with Crippen LogP contribution in [0.25, 0.3) is 0 Å². The second-order valence-electron chi connectivity index (χ2n) is 4.47. The fourth-order valence-electron chi connectivity index (χ4n) is 2.30. The van der Waals surface area contributed by atoms with Crippen LogP contribution in [0.5, 0.6) is 0 Å². The van der Waals surface area contributed by atoms with Crippen molar-refractivity contribution in [2.75, 3.05) is 18.1 Å². The van der Waals surface area contributed by atoms with Crippen molar-refractivity contribution in [3.63, 3.8) is 0 Å². The maximum atomic E-state index is 12.4. The molecule has 0 amide bonds. The van der Waals surface area contributed by atoms with E-state index in [9.17, 15) is 22.3 Å². The number of nitrogens with zero attached hydrogens (tertiary/aromatic N) is 1. The van der Waals surface area contributed by atoms with Crippen LogP contribution in [-0.4, -0.2) is 38.5 Å². The zero-order chi connectivity index (χ0) is 14.0. The summed E-state index contributed by atoms with van der Waals surface area (Å²) in [4.78, 5) is 1.57. The van der Waals surface area contributed by atoms with Crippen molar-refractivity contribution in [1.82, 2.24) is 0 Å². The summed E-state index contributed by atoms with van der Waals surface area (Å²) in [5, 5.41) is 9.22. The first-order valence-electron chi connectivity index (χ1n) is 5.96. The third-order valence-electron chi connectivity index (χ3n) is 3.32. The van der Waals surface area contributed by atoms with Crippen LogP contribution in [0.2, 0.25) is 0 Å². The maximum absolute atomic E-state index is 12.4. The fourth-order valence-corrected chi connectivity index (χ4v) is 3.02. The van der Waals surface area contributed by atoms with E-state index >= 15 is 0 Å². The summed E-state index contributed by atoms with van der Waals surface area (Å²) < 4.78 is 47.3. The monoisotopic (exact) mass is 291 g/mol. The molecule has 1 aromatic carbocycles. The van der Waals surface area contributed by atoms with Gasteiger partial charge in [-0.15, -0.1) is 0 Å². The Labute approximate surface area is 110 Å². The molecule has 1 N–H and O–H groups in total. The van der Waals surface area contributed by atoms with Crippen molar-refractivity contribution >= 4 is 15.5 Å². The van der Waals surface area contributed by atoms with Gasteiger partial charge < -0.3 is 10.0 Å². The third-order valence-corrected chi connectivity index (χ3v) is 4.72. The summed E-state index contributed by atoms with van der Waals surface area (Å²) in [6.07, 6.45) is 1.82. The van der Waals surface area contributed by atoms with Gasteiger partial charge in [0.15, 0.2) is 0 Å². The lowest BCUT2D eigenvalue weighted by Gasteiger charge is -2.25. The van der Waals surface area contributed by atoms with Gasteiger partial charge in [-0.3, -0.25) is 0 Å². The van der Waals surface area contributed by atoms with Crippen molar-refractivity contribution < 1.29 is 22.3 Å². The molecular weight excluding hydrogens is 276 g/mol. The van der Waals surface area contributed by atoms with Gasteiger partial charge in [-0.05, 0) is 37.1 Å². The highest BCUT2D eigenvalue weighted by Gasteiger charge is 2.28. The number of hydrogen-bond acceptors (Lipinski definition) is 4. The molecule has 1 aliphatic heterocycles. The topological polar surface area (TPSA) is 57.6 Å². The van der Waals surface area contributed by atoms with E-state index in [0.29, 0.717) is 0 Å². The minimum absolute atomic E-state index is 0.0116. The molecule has 0 aromatic heterocycles. The van der Waals surface area contributed by atoms with Crippen molar-refractivity contribution in [2.24, 2.45) is 0 Å². The summed E-state index contributed by atoms with van der Waals surface area (Å²) in [6, 6.07) is 5.39. The zero-order valence-electron chi connectivity index (χ0n) is 10.2. The van der Waals surface area contributed by atoms with Gasteiger partial charge in [0.1, 0.15) is 0 Å². The average Bonchev–Trinajstić information content (AvgIpc) is 2.87. The quantitative estimate of drug-likeness (QED) is 0.916. The summed E-state index contributed by atoms with van der Waals surface area (Å²) >= 11 is 0. The van der Waals surface area contributed by atoms with Crippen LogP contribution in [-0.2, 0) is 9.84 Å². The van der Waals surface area contributed by atoms with E-state index in [0.717, 1.165) is 25.1 Å². The highest BCUT2D eigenvalue weighted by Crippen LogP contribution is 2.27. The molecule has 1 unspecified atom stereocenters. The Morgan fingerprint density at radius 3 is 2.47 bits per heavy atom. The van der Waals surface area contributed by atoms with Crippen LogP contribution in [0.15, 0.2) is 29.2 Å². The summed E-state index contributed by atoms with van der Waals surface area (Å²) in [6.45, 7) is 0.795. The molecule has 1 heterocycles. The minimum atomic E-state index is -4.54. The zero-order valence-corrected chi connectivity index (χ0v) is 11.0. The molecule has 1 fully saturated rings. The highest BCUT2D eigenvalue weighted by molar-refractivity contribution is 7.91. The lowest BCUT2D eigenvalue weighted by Crippen LogP contribution is -2.31. The van der Waals surface area contributed by atoms with Crippen molar-refractivity contribution in [3.05, 3.63) is 24.3 Å². The molecule has 1 aliphatic rings. The Balaban J connectivity index is 2.24. The van der Waals surface area contributed by atoms with E-state index < -0.39 is 15.6 Å². The van der Waals surface area contributed by atoms with Crippen LogP contribution >= 0.6 is 0 Å². The molecule has 106 valence electrons. The van der Waals surface area contributed by atoms with E-state index in [1.54, 1.807) is 0 Å². The fraction of sp³-hybridized carbons (Fsp3) is 0.500. The van der Waals surface area contributed by atoms with Gasteiger partial charge in [-0.2, -0.15) is 8.78 Å². The molecule has 0 bridgehead atoms. The number of hydrogen-bond donors (Lipinski definition) is 1. The highest BCUT2D eigenvalue weighted by atomic mass is 32.2. The Morgan fingerprint density at radius 2 is 1.95 bits per heavy atom. The third kappa shape index (κ3) is 2.71. The average molecular weight is 291 g/mol. The Bertz CT molecular complexity index is 530. The molecule has 0 radical (unpaired) electrons. The first-order chi connectivity index (χ1) is 8.96. The van der Waals surface area contributed by atoms with E-state index in [2.05, 4.69) is 0 Å². The van der Waals surface area contributed by atoms with Gasteiger partial charge in [0.25, 0.3) is 0 Å². The van der Waals surface area contributed by atoms with Crippen LogP contribution < -0.4 is 4.90 Å². The van der Waals surface area contributed by atoms with E-state index in [4.69, 9.17) is 0 Å². The number of halogens is 2. The normalized spacial score (nSPS) is 20.2. The Hall–Kier alpha value is -1.21. The van der Waals surface area contributed by atoms with E-state index in [-0.39, 0.29) is 17.5 Å². The number of aliphatic hydroxyl groups is 1. The number of rotatable bonds is 4. The Morgan fingerprint density at radius 1 is 1.32 bits per heavy atom. The molecule has 19 heavy (non-hydrogen) atoms. The molecule has 7 heteroatoms. The second kappa shape index (κ2) is 5.42. The molecule has 0 saturated carbocycles. The number of sulfone groups is 1. The van der Waals surface area contributed by atoms with Crippen molar-refractivity contribution in [2.45, 2.75) is 29.5 Å². The lowest BCUT2D eigenvalue weighted by atomic mass is 10.2. The molecule has 2 rings (SSSR count). The first kappa shape index (κ1) is 14.2. The van der Waals surface area contributed by atoms with Crippen LogP contribution in [0, 0.1) is 0 Å².